The number of ketones is 1. The molecule has 0 aromatic rings. The maximum atomic E-state index is 10.4. The van der Waals surface area contributed by atoms with Crippen LogP contribution < -0.4 is 5.73 Å². The van der Waals surface area contributed by atoms with Gasteiger partial charge in [0.25, 0.3) is 0 Å². The van der Waals surface area contributed by atoms with Crippen molar-refractivity contribution in [1.82, 2.24) is 0 Å². The fourth-order valence-electron chi connectivity index (χ4n) is 0.514. The third-order valence-electron chi connectivity index (χ3n) is 1.12. The summed E-state index contributed by atoms with van der Waals surface area (Å²) in [6.07, 6.45) is 1.80. The van der Waals surface area contributed by atoms with Crippen molar-refractivity contribution < 1.29 is 4.79 Å². The molecule has 0 radical (unpaired) electrons. The summed E-state index contributed by atoms with van der Waals surface area (Å²) in [6, 6.07) is -0.222. The van der Waals surface area contributed by atoms with Gasteiger partial charge in [-0.15, -0.1) is 12.4 Å². The van der Waals surface area contributed by atoms with Crippen molar-refractivity contribution in [2.45, 2.75) is 32.7 Å². The Bertz CT molecular complexity index is 85.1. The van der Waals surface area contributed by atoms with E-state index in [4.69, 9.17) is 5.73 Å². The van der Waals surface area contributed by atoms with Crippen LogP contribution in [-0.4, -0.2) is 11.8 Å². The van der Waals surface area contributed by atoms with Crippen LogP contribution in [0.15, 0.2) is 0 Å². The Morgan fingerprint density at radius 3 is 2.22 bits per heavy atom. The third-order valence-corrected chi connectivity index (χ3v) is 1.12. The van der Waals surface area contributed by atoms with Crippen molar-refractivity contribution in [2.75, 3.05) is 0 Å². The van der Waals surface area contributed by atoms with E-state index in [1.54, 1.807) is 0 Å². The maximum absolute atomic E-state index is 10.4. The second kappa shape index (κ2) is 6.05. The molecule has 2 nitrogen and oxygen atoms in total. The van der Waals surface area contributed by atoms with Crippen molar-refractivity contribution in [3.05, 3.63) is 0 Å². The van der Waals surface area contributed by atoms with Crippen LogP contribution in [0.1, 0.15) is 26.7 Å². The van der Waals surface area contributed by atoms with Gasteiger partial charge in [0.05, 0.1) is 6.04 Å². The van der Waals surface area contributed by atoms with Gasteiger partial charge in [0.15, 0.2) is 0 Å². The second-order valence-corrected chi connectivity index (χ2v) is 2.01. The first-order valence-electron chi connectivity index (χ1n) is 2.94. The zero-order chi connectivity index (χ0) is 6.57. The molecule has 0 saturated heterocycles. The zero-order valence-corrected chi connectivity index (χ0v) is 6.70. The SMILES string of the molecule is CCCC(N)C(C)=O.Cl. The largest absolute Gasteiger partial charge is 0.322 e. The van der Waals surface area contributed by atoms with E-state index in [1.807, 2.05) is 6.92 Å². The van der Waals surface area contributed by atoms with Crippen LogP contribution in [0.5, 0.6) is 0 Å². The van der Waals surface area contributed by atoms with Crippen molar-refractivity contribution in [3.8, 4) is 0 Å². The van der Waals surface area contributed by atoms with E-state index in [9.17, 15) is 4.79 Å². The number of carbonyl (C=O) groups excluding carboxylic acids is 1. The van der Waals surface area contributed by atoms with Gasteiger partial charge in [-0.2, -0.15) is 0 Å². The van der Waals surface area contributed by atoms with Crippen LogP contribution in [0.3, 0.4) is 0 Å². The van der Waals surface area contributed by atoms with Gasteiger partial charge in [-0.05, 0) is 13.3 Å². The molecule has 0 aliphatic rings. The predicted molar refractivity (Wildman–Crippen MR) is 40.8 cm³/mol. The van der Waals surface area contributed by atoms with Gasteiger partial charge in [0.2, 0.25) is 0 Å². The highest BCUT2D eigenvalue weighted by Crippen LogP contribution is 1.92. The molecule has 0 spiro atoms. The number of halogens is 1. The summed E-state index contributed by atoms with van der Waals surface area (Å²) < 4.78 is 0. The van der Waals surface area contributed by atoms with Crippen LogP contribution in [0.25, 0.3) is 0 Å². The van der Waals surface area contributed by atoms with Crippen LogP contribution in [-0.2, 0) is 4.79 Å². The number of rotatable bonds is 3. The molecule has 0 fully saturated rings. The number of carbonyl (C=O) groups is 1. The average Bonchev–Trinajstić information content (AvgIpc) is 1.67. The fraction of sp³-hybridized carbons (Fsp3) is 0.833. The molecular weight excluding hydrogens is 138 g/mol. The van der Waals surface area contributed by atoms with Crippen molar-refractivity contribution >= 4 is 18.2 Å². The Kier molecular flexibility index (Phi) is 7.85. The first-order chi connectivity index (χ1) is 3.68. The number of Topliss-reactive ketones (excluding diaryl/α,β-unsaturated/α-hetero) is 1. The quantitative estimate of drug-likeness (QED) is 0.657. The third kappa shape index (κ3) is 5.80. The molecule has 0 rings (SSSR count). The van der Waals surface area contributed by atoms with E-state index >= 15 is 0 Å². The number of nitrogens with two attached hydrogens (primary N) is 1. The second-order valence-electron chi connectivity index (χ2n) is 2.01. The summed E-state index contributed by atoms with van der Waals surface area (Å²) in [4.78, 5) is 10.4. The minimum absolute atomic E-state index is 0. The number of hydrogen-bond acceptors (Lipinski definition) is 2. The summed E-state index contributed by atoms with van der Waals surface area (Å²) in [5.41, 5.74) is 5.38. The Labute approximate surface area is 62.2 Å². The lowest BCUT2D eigenvalue weighted by Crippen LogP contribution is -2.27. The zero-order valence-electron chi connectivity index (χ0n) is 5.89. The standard InChI is InChI=1S/C6H13NO.ClH/c1-3-4-6(7)5(2)8;/h6H,3-4,7H2,1-2H3;1H. The highest BCUT2D eigenvalue weighted by atomic mass is 35.5. The van der Waals surface area contributed by atoms with Crippen LogP contribution >= 0.6 is 12.4 Å². The molecule has 0 saturated carbocycles. The molecule has 0 aliphatic carbocycles. The van der Waals surface area contributed by atoms with E-state index in [0.29, 0.717) is 0 Å². The van der Waals surface area contributed by atoms with E-state index in [2.05, 4.69) is 0 Å². The molecule has 2 N–H and O–H groups in total. The number of hydrogen-bond donors (Lipinski definition) is 1. The Hall–Kier alpha value is -0.0800. The van der Waals surface area contributed by atoms with Gasteiger partial charge in [-0.3, -0.25) is 4.79 Å². The first kappa shape index (κ1) is 11.7. The van der Waals surface area contributed by atoms with Crippen molar-refractivity contribution in [1.29, 1.82) is 0 Å². The van der Waals surface area contributed by atoms with Gasteiger partial charge in [-0.1, -0.05) is 13.3 Å². The van der Waals surface area contributed by atoms with Gasteiger partial charge in [0, 0.05) is 0 Å². The Morgan fingerprint density at radius 1 is 1.67 bits per heavy atom. The fourth-order valence-corrected chi connectivity index (χ4v) is 0.514. The lowest BCUT2D eigenvalue weighted by Gasteiger charge is -2.02. The molecule has 0 aliphatic heterocycles. The normalized spacial score (nSPS) is 11.9. The smallest absolute Gasteiger partial charge is 0.146 e. The summed E-state index contributed by atoms with van der Waals surface area (Å²) in [5.74, 6) is 0.0897. The van der Waals surface area contributed by atoms with E-state index in [0.717, 1.165) is 12.8 Å². The summed E-state index contributed by atoms with van der Waals surface area (Å²) >= 11 is 0. The molecule has 0 heterocycles. The van der Waals surface area contributed by atoms with E-state index < -0.39 is 0 Å². The highest BCUT2D eigenvalue weighted by molar-refractivity contribution is 5.85. The molecule has 9 heavy (non-hydrogen) atoms. The lowest BCUT2D eigenvalue weighted by atomic mass is 10.1. The minimum Gasteiger partial charge on any atom is -0.322 e. The summed E-state index contributed by atoms with van der Waals surface area (Å²) in [7, 11) is 0. The van der Waals surface area contributed by atoms with Crippen molar-refractivity contribution in [2.24, 2.45) is 5.73 Å². The first-order valence-corrected chi connectivity index (χ1v) is 2.94. The topological polar surface area (TPSA) is 43.1 Å². The van der Waals surface area contributed by atoms with Crippen molar-refractivity contribution in [3.63, 3.8) is 0 Å². The van der Waals surface area contributed by atoms with Crippen LogP contribution in [0.2, 0.25) is 0 Å². The van der Waals surface area contributed by atoms with Gasteiger partial charge < -0.3 is 5.73 Å². The average molecular weight is 152 g/mol. The molecule has 0 amide bonds. The Balaban J connectivity index is 0. The predicted octanol–water partition coefficient (Wildman–Crippen LogP) is 1.12. The highest BCUT2D eigenvalue weighted by Gasteiger charge is 2.03. The van der Waals surface area contributed by atoms with Crippen LogP contribution in [0.4, 0.5) is 0 Å². The molecule has 56 valence electrons. The molecule has 0 aromatic heterocycles. The molecular formula is C6H14ClNO. The van der Waals surface area contributed by atoms with Gasteiger partial charge >= 0.3 is 0 Å². The summed E-state index contributed by atoms with van der Waals surface area (Å²) in [5, 5.41) is 0. The van der Waals surface area contributed by atoms with Gasteiger partial charge in [0.1, 0.15) is 5.78 Å². The summed E-state index contributed by atoms with van der Waals surface area (Å²) in [6.45, 7) is 3.54. The maximum Gasteiger partial charge on any atom is 0.146 e. The lowest BCUT2D eigenvalue weighted by molar-refractivity contribution is -0.118. The Morgan fingerprint density at radius 2 is 2.11 bits per heavy atom. The minimum atomic E-state index is -0.222. The van der Waals surface area contributed by atoms with E-state index in [1.165, 1.54) is 6.92 Å². The molecule has 0 aromatic carbocycles. The van der Waals surface area contributed by atoms with E-state index in [-0.39, 0.29) is 24.2 Å². The monoisotopic (exact) mass is 151 g/mol. The molecule has 1 unspecified atom stereocenters. The molecule has 3 heteroatoms. The molecule has 1 atom stereocenters. The van der Waals surface area contributed by atoms with Crippen LogP contribution in [0, 0.1) is 0 Å². The van der Waals surface area contributed by atoms with Gasteiger partial charge in [-0.25, -0.2) is 0 Å². The molecule has 0 bridgehead atoms.